The van der Waals surface area contributed by atoms with Gasteiger partial charge >= 0.3 is 6.18 Å². The second-order valence-electron chi connectivity index (χ2n) is 3.99. The molecule has 90 valence electrons. The Hall–Kier alpha value is -1.58. The van der Waals surface area contributed by atoms with Gasteiger partial charge in [0.15, 0.2) is 0 Å². The summed E-state index contributed by atoms with van der Waals surface area (Å²) in [6, 6.07) is 3.49. The Bertz CT molecular complexity index is 432. The summed E-state index contributed by atoms with van der Waals surface area (Å²) in [6.45, 7) is 0. The van der Waals surface area contributed by atoms with Crippen LogP contribution in [0, 0.1) is 5.92 Å². The molecule has 1 aromatic rings. The van der Waals surface area contributed by atoms with Crippen molar-refractivity contribution >= 4 is 0 Å². The van der Waals surface area contributed by atoms with Crippen molar-refractivity contribution in [2.45, 2.75) is 19.0 Å². The Balaban J connectivity index is 2.17. The Kier molecular flexibility index (Phi) is 3.31. The van der Waals surface area contributed by atoms with Crippen LogP contribution in [0.2, 0.25) is 0 Å². The van der Waals surface area contributed by atoms with E-state index in [-0.39, 0.29) is 0 Å². The third-order valence-electron chi connectivity index (χ3n) is 2.75. The van der Waals surface area contributed by atoms with Gasteiger partial charge in [-0.1, -0.05) is 23.8 Å². The topological polar surface area (TPSA) is 12.9 Å². The van der Waals surface area contributed by atoms with Crippen molar-refractivity contribution in [2.75, 3.05) is 0 Å². The molecule has 1 unspecified atom stereocenters. The predicted octanol–water partition coefficient (Wildman–Crippen LogP) is 3.69. The van der Waals surface area contributed by atoms with Crippen LogP contribution in [0.4, 0.5) is 13.2 Å². The van der Waals surface area contributed by atoms with Gasteiger partial charge in [0.05, 0.1) is 5.92 Å². The SMILES string of the molecule is FC(F)(F)C1C=CCC=C1Cc1ccncc1. The summed E-state index contributed by atoms with van der Waals surface area (Å²) in [5.74, 6) is -1.44. The molecule has 2 rings (SSSR count). The predicted molar refractivity (Wildman–Crippen MR) is 59.3 cm³/mol. The van der Waals surface area contributed by atoms with Gasteiger partial charge in [-0.25, -0.2) is 0 Å². The number of pyridine rings is 1. The number of allylic oxidation sites excluding steroid dienone is 4. The third kappa shape index (κ3) is 2.96. The van der Waals surface area contributed by atoms with Crippen LogP contribution in [0.15, 0.2) is 48.3 Å². The maximum atomic E-state index is 12.8. The molecule has 0 spiro atoms. The number of hydrogen-bond donors (Lipinski definition) is 0. The van der Waals surface area contributed by atoms with Crippen molar-refractivity contribution < 1.29 is 13.2 Å². The van der Waals surface area contributed by atoms with E-state index in [1.165, 1.54) is 6.08 Å². The molecule has 0 bridgehead atoms. The molecule has 0 saturated carbocycles. The van der Waals surface area contributed by atoms with Crippen molar-refractivity contribution in [3.63, 3.8) is 0 Å². The maximum absolute atomic E-state index is 12.8. The van der Waals surface area contributed by atoms with Crippen LogP contribution < -0.4 is 0 Å². The van der Waals surface area contributed by atoms with E-state index in [9.17, 15) is 13.2 Å². The molecule has 1 nitrogen and oxygen atoms in total. The molecule has 0 aliphatic heterocycles. The minimum atomic E-state index is -4.20. The first-order chi connectivity index (χ1) is 8.07. The highest BCUT2D eigenvalue weighted by Gasteiger charge is 2.40. The lowest BCUT2D eigenvalue weighted by molar-refractivity contribution is -0.152. The summed E-state index contributed by atoms with van der Waals surface area (Å²) in [5.41, 5.74) is 1.28. The van der Waals surface area contributed by atoms with Gasteiger partial charge in [0, 0.05) is 12.4 Å². The van der Waals surface area contributed by atoms with Crippen molar-refractivity contribution in [1.82, 2.24) is 4.98 Å². The smallest absolute Gasteiger partial charge is 0.265 e. The molecule has 1 aliphatic rings. The Labute approximate surface area is 97.7 Å². The zero-order valence-electron chi connectivity index (χ0n) is 9.11. The van der Waals surface area contributed by atoms with E-state index < -0.39 is 12.1 Å². The van der Waals surface area contributed by atoms with Gasteiger partial charge in [-0.3, -0.25) is 4.98 Å². The van der Waals surface area contributed by atoms with Crippen LogP contribution in [-0.4, -0.2) is 11.2 Å². The van der Waals surface area contributed by atoms with Gasteiger partial charge in [0.2, 0.25) is 0 Å². The molecule has 0 saturated heterocycles. The average molecular weight is 239 g/mol. The summed E-state index contributed by atoms with van der Waals surface area (Å²) in [6.07, 6.45) is 4.37. The number of nitrogens with zero attached hydrogens (tertiary/aromatic N) is 1. The second-order valence-corrected chi connectivity index (χ2v) is 3.99. The van der Waals surface area contributed by atoms with E-state index in [2.05, 4.69) is 4.98 Å². The zero-order chi connectivity index (χ0) is 12.3. The van der Waals surface area contributed by atoms with Gasteiger partial charge in [-0.15, -0.1) is 0 Å². The average Bonchev–Trinajstić information content (AvgIpc) is 2.30. The van der Waals surface area contributed by atoms with E-state index in [0.717, 1.165) is 5.56 Å². The summed E-state index contributed by atoms with van der Waals surface area (Å²) in [5, 5.41) is 0. The summed E-state index contributed by atoms with van der Waals surface area (Å²) in [4.78, 5) is 3.85. The lowest BCUT2D eigenvalue weighted by Crippen LogP contribution is -2.25. The molecule has 1 heterocycles. The molecule has 1 aliphatic carbocycles. The van der Waals surface area contributed by atoms with E-state index in [4.69, 9.17) is 0 Å². The quantitative estimate of drug-likeness (QED) is 0.717. The molecule has 0 fully saturated rings. The highest BCUT2D eigenvalue weighted by molar-refractivity contribution is 5.28. The minimum absolute atomic E-state index is 0.330. The van der Waals surface area contributed by atoms with Crippen molar-refractivity contribution in [1.29, 1.82) is 0 Å². The van der Waals surface area contributed by atoms with Gasteiger partial charge in [0.1, 0.15) is 0 Å². The first-order valence-corrected chi connectivity index (χ1v) is 5.38. The lowest BCUT2D eigenvalue weighted by atomic mass is 9.88. The molecule has 0 amide bonds. The number of hydrogen-bond acceptors (Lipinski definition) is 1. The van der Waals surface area contributed by atoms with Crippen molar-refractivity contribution in [3.8, 4) is 0 Å². The van der Waals surface area contributed by atoms with Crippen LogP contribution in [0.5, 0.6) is 0 Å². The van der Waals surface area contributed by atoms with Crippen molar-refractivity contribution in [3.05, 3.63) is 53.9 Å². The largest absolute Gasteiger partial charge is 0.398 e. The zero-order valence-corrected chi connectivity index (χ0v) is 9.11. The van der Waals surface area contributed by atoms with E-state index in [0.29, 0.717) is 18.4 Å². The number of rotatable bonds is 2. The van der Waals surface area contributed by atoms with Gasteiger partial charge < -0.3 is 0 Å². The summed E-state index contributed by atoms with van der Waals surface area (Å²) >= 11 is 0. The van der Waals surface area contributed by atoms with Crippen LogP contribution in [-0.2, 0) is 6.42 Å². The molecule has 1 aromatic heterocycles. The first-order valence-electron chi connectivity index (χ1n) is 5.38. The summed E-state index contributed by atoms with van der Waals surface area (Å²) in [7, 11) is 0. The molecule has 0 N–H and O–H groups in total. The van der Waals surface area contributed by atoms with Crippen LogP contribution >= 0.6 is 0 Å². The highest BCUT2D eigenvalue weighted by atomic mass is 19.4. The van der Waals surface area contributed by atoms with Gasteiger partial charge in [-0.2, -0.15) is 13.2 Å². The van der Waals surface area contributed by atoms with Crippen LogP contribution in [0.1, 0.15) is 12.0 Å². The molecular weight excluding hydrogens is 227 g/mol. The maximum Gasteiger partial charge on any atom is 0.398 e. The number of alkyl halides is 3. The number of aromatic nitrogens is 1. The molecule has 0 aromatic carbocycles. The molecule has 0 radical (unpaired) electrons. The Morgan fingerprint density at radius 1 is 1.24 bits per heavy atom. The second kappa shape index (κ2) is 4.73. The Morgan fingerprint density at radius 2 is 1.94 bits per heavy atom. The standard InChI is InChI=1S/C13H12F3N/c14-13(15,16)12-4-2-1-3-11(12)9-10-5-7-17-8-6-10/h2-8,12H,1,9H2. The normalized spacial score (nSPS) is 20.2. The molecule has 1 atom stereocenters. The third-order valence-corrected chi connectivity index (χ3v) is 2.75. The molecular formula is C13H12F3N. The monoisotopic (exact) mass is 239 g/mol. The minimum Gasteiger partial charge on any atom is -0.265 e. The lowest BCUT2D eigenvalue weighted by Gasteiger charge is -2.22. The fraction of sp³-hybridized carbons (Fsp3) is 0.308. The van der Waals surface area contributed by atoms with Crippen LogP contribution in [0.25, 0.3) is 0 Å². The van der Waals surface area contributed by atoms with Crippen molar-refractivity contribution in [2.24, 2.45) is 5.92 Å². The molecule has 4 heteroatoms. The fourth-order valence-electron chi connectivity index (χ4n) is 1.92. The number of halogens is 3. The van der Waals surface area contributed by atoms with Gasteiger partial charge in [-0.05, 0) is 30.5 Å². The van der Waals surface area contributed by atoms with E-state index in [1.54, 1.807) is 36.7 Å². The fourth-order valence-corrected chi connectivity index (χ4v) is 1.92. The van der Waals surface area contributed by atoms with E-state index >= 15 is 0 Å². The highest BCUT2D eigenvalue weighted by Crippen LogP contribution is 2.36. The Morgan fingerprint density at radius 3 is 2.59 bits per heavy atom. The van der Waals surface area contributed by atoms with Gasteiger partial charge in [0.25, 0.3) is 0 Å². The summed E-state index contributed by atoms with van der Waals surface area (Å²) < 4.78 is 38.4. The van der Waals surface area contributed by atoms with Crippen LogP contribution in [0.3, 0.4) is 0 Å². The first kappa shape index (κ1) is 11.9. The van der Waals surface area contributed by atoms with E-state index in [1.807, 2.05) is 0 Å². The molecule has 17 heavy (non-hydrogen) atoms.